The van der Waals surface area contributed by atoms with Crippen molar-refractivity contribution in [3.05, 3.63) is 58.1 Å². The molecule has 2 aromatic rings. The van der Waals surface area contributed by atoms with E-state index in [1.165, 1.54) is 25.3 Å². The molecule has 0 aromatic heterocycles. The first kappa shape index (κ1) is 23.0. The highest BCUT2D eigenvalue weighted by Gasteiger charge is 2.24. The van der Waals surface area contributed by atoms with Crippen molar-refractivity contribution in [1.82, 2.24) is 0 Å². The van der Waals surface area contributed by atoms with Gasteiger partial charge in [-0.25, -0.2) is 17.2 Å². The Bertz CT molecular complexity index is 1060. The third-order valence-electron chi connectivity index (χ3n) is 4.01. The number of nitrogens with zero attached hydrogens (tertiary/aromatic N) is 2. The van der Waals surface area contributed by atoms with Gasteiger partial charge in [-0.1, -0.05) is 0 Å². The van der Waals surface area contributed by atoms with Crippen LogP contribution in [0, 0.1) is 21.7 Å². The summed E-state index contributed by atoms with van der Waals surface area (Å²) in [5.41, 5.74) is -0.301. The number of carbonyl (C=O) groups excluding carboxylic acids is 1. The quantitative estimate of drug-likeness (QED) is 0.470. The van der Waals surface area contributed by atoms with Crippen LogP contribution in [0.1, 0.15) is 12.8 Å². The molecule has 0 saturated carbocycles. The Labute approximate surface area is 171 Å². The van der Waals surface area contributed by atoms with Crippen LogP contribution in [0.2, 0.25) is 0 Å². The molecule has 0 aliphatic carbocycles. The van der Waals surface area contributed by atoms with Crippen LogP contribution in [0.4, 0.5) is 25.8 Å². The number of methoxy groups -OCH3 is 1. The number of amides is 1. The van der Waals surface area contributed by atoms with Crippen molar-refractivity contribution in [2.75, 3.05) is 29.5 Å². The van der Waals surface area contributed by atoms with Gasteiger partial charge in [0.1, 0.15) is 11.4 Å². The molecule has 2 aromatic carbocycles. The summed E-state index contributed by atoms with van der Waals surface area (Å²) in [7, 11) is -2.56. The molecule has 162 valence electrons. The number of nitrogens with one attached hydrogen (secondary N) is 1. The van der Waals surface area contributed by atoms with Gasteiger partial charge in [0.25, 0.3) is 5.69 Å². The molecular formula is C18H19F2N3O6S. The lowest BCUT2D eigenvalue weighted by molar-refractivity contribution is -0.384. The number of non-ortho nitro benzene ring substituents is 1. The minimum atomic E-state index is -3.85. The standard InChI is InChI=1S/C18H19F2N3O6S/c1-29-17-8-6-13(23(25)26)11-16(17)22(30(2,27)28)9-3-4-18(24)21-12-5-7-14(19)15(20)10-12/h5-8,10-11H,3-4,9H2,1-2H3,(H,21,24). The summed E-state index contributed by atoms with van der Waals surface area (Å²) in [6.07, 6.45) is 0.837. The van der Waals surface area contributed by atoms with Crippen LogP contribution in [-0.2, 0) is 14.8 Å². The third kappa shape index (κ3) is 5.86. The smallest absolute Gasteiger partial charge is 0.271 e. The Kier molecular flexibility index (Phi) is 7.27. The molecule has 0 saturated heterocycles. The number of nitro benzene ring substituents is 1. The molecule has 0 bridgehead atoms. The van der Waals surface area contributed by atoms with Crippen molar-refractivity contribution < 1.29 is 31.7 Å². The average molecular weight is 443 g/mol. The van der Waals surface area contributed by atoms with Gasteiger partial charge >= 0.3 is 0 Å². The highest BCUT2D eigenvalue weighted by molar-refractivity contribution is 7.92. The third-order valence-corrected chi connectivity index (χ3v) is 5.19. The number of carbonyl (C=O) groups is 1. The maximum atomic E-state index is 13.2. The second kappa shape index (κ2) is 9.48. The minimum Gasteiger partial charge on any atom is -0.495 e. The summed E-state index contributed by atoms with van der Waals surface area (Å²) in [6.45, 7) is -0.165. The summed E-state index contributed by atoms with van der Waals surface area (Å²) >= 11 is 0. The van der Waals surface area contributed by atoms with Gasteiger partial charge in [-0.15, -0.1) is 0 Å². The molecule has 0 heterocycles. The first-order chi connectivity index (χ1) is 14.0. The van der Waals surface area contributed by atoms with E-state index in [0.29, 0.717) is 0 Å². The van der Waals surface area contributed by atoms with Gasteiger partial charge in [-0.2, -0.15) is 0 Å². The zero-order chi connectivity index (χ0) is 22.5. The lowest BCUT2D eigenvalue weighted by Crippen LogP contribution is -2.32. The first-order valence-electron chi connectivity index (χ1n) is 8.58. The van der Waals surface area contributed by atoms with Crippen LogP contribution in [0.25, 0.3) is 0 Å². The maximum absolute atomic E-state index is 13.2. The molecule has 9 nitrogen and oxygen atoms in total. The summed E-state index contributed by atoms with van der Waals surface area (Å²) in [6, 6.07) is 6.41. The van der Waals surface area contributed by atoms with E-state index in [0.717, 1.165) is 28.8 Å². The molecule has 0 atom stereocenters. The van der Waals surface area contributed by atoms with Crippen molar-refractivity contribution in [3.63, 3.8) is 0 Å². The topological polar surface area (TPSA) is 119 Å². The predicted molar refractivity (Wildman–Crippen MR) is 106 cm³/mol. The lowest BCUT2D eigenvalue weighted by atomic mass is 10.2. The fourth-order valence-corrected chi connectivity index (χ4v) is 3.59. The minimum absolute atomic E-state index is 0.0322. The Morgan fingerprint density at radius 1 is 1.20 bits per heavy atom. The molecule has 30 heavy (non-hydrogen) atoms. The van der Waals surface area contributed by atoms with E-state index >= 15 is 0 Å². The molecule has 0 radical (unpaired) electrons. The molecule has 0 unspecified atom stereocenters. The van der Waals surface area contributed by atoms with E-state index < -0.39 is 32.5 Å². The molecule has 0 aliphatic heterocycles. The Morgan fingerprint density at radius 3 is 2.47 bits per heavy atom. The van der Waals surface area contributed by atoms with Gasteiger partial charge in [0, 0.05) is 36.9 Å². The van der Waals surface area contributed by atoms with Gasteiger partial charge in [-0.05, 0) is 24.6 Å². The van der Waals surface area contributed by atoms with E-state index in [-0.39, 0.29) is 42.2 Å². The normalized spacial score (nSPS) is 11.1. The van der Waals surface area contributed by atoms with Crippen LogP contribution < -0.4 is 14.4 Å². The molecule has 1 amide bonds. The number of halogens is 2. The van der Waals surface area contributed by atoms with E-state index in [2.05, 4.69) is 5.32 Å². The van der Waals surface area contributed by atoms with Crippen LogP contribution in [0.15, 0.2) is 36.4 Å². The highest BCUT2D eigenvalue weighted by atomic mass is 32.2. The zero-order valence-electron chi connectivity index (χ0n) is 16.1. The summed E-state index contributed by atoms with van der Waals surface area (Å²) in [5, 5.41) is 13.4. The molecule has 1 N–H and O–H groups in total. The fourth-order valence-electron chi connectivity index (χ4n) is 2.63. The van der Waals surface area contributed by atoms with Crippen molar-refractivity contribution in [2.45, 2.75) is 12.8 Å². The highest BCUT2D eigenvalue weighted by Crippen LogP contribution is 2.33. The van der Waals surface area contributed by atoms with Gasteiger partial charge in [0.15, 0.2) is 11.6 Å². The van der Waals surface area contributed by atoms with Crippen LogP contribution in [-0.4, -0.2) is 39.2 Å². The lowest BCUT2D eigenvalue weighted by Gasteiger charge is -2.24. The number of ether oxygens (including phenoxy) is 1. The average Bonchev–Trinajstić information content (AvgIpc) is 2.66. The van der Waals surface area contributed by atoms with Gasteiger partial charge < -0.3 is 10.1 Å². The van der Waals surface area contributed by atoms with Gasteiger partial charge in [-0.3, -0.25) is 19.2 Å². The van der Waals surface area contributed by atoms with E-state index in [4.69, 9.17) is 4.74 Å². The van der Waals surface area contributed by atoms with Crippen molar-refractivity contribution in [2.24, 2.45) is 0 Å². The first-order valence-corrected chi connectivity index (χ1v) is 10.4. The number of benzene rings is 2. The van der Waals surface area contributed by atoms with Crippen molar-refractivity contribution >= 4 is 33.0 Å². The number of rotatable bonds is 9. The SMILES string of the molecule is COc1ccc([N+](=O)[O-])cc1N(CCCC(=O)Nc1ccc(F)c(F)c1)S(C)(=O)=O. The Morgan fingerprint density at radius 2 is 1.90 bits per heavy atom. The molecule has 0 spiro atoms. The zero-order valence-corrected chi connectivity index (χ0v) is 16.9. The molecule has 0 aliphatic rings. The monoisotopic (exact) mass is 443 g/mol. The van der Waals surface area contributed by atoms with Gasteiger partial charge in [0.2, 0.25) is 15.9 Å². The largest absolute Gasteiger partial charge is 0.495 e. The second-order valence-electron chi connectivity index (χ2n) is 6.23. The van der Waals surface area contributed by atoms with E-state index in [1.807, 2.05) is 0 Å². The van der Waals surface area contributed by atoms with Crippen LogP contribution in [0.5, 0.6) is 5.75 Å². The molecule has 12 heteroatoms. The van der Waals surface area contributed by atoms with Gasteiger partial charge in [0.05, 0.1) is 18.3 Å². The number of nitro groups is 1. The van der Waals surface area contributed by atoms with Crippen molar-refractivity contribution in [1.29, 1.82) is 0 Å². The second-order valence-corrected chi connectivity index (χ2v) is 8.14. The summed E-state index contributed by atoms with van der Waals surface area (Å²) < 4.78 is 56.6. The van der Waals surface area contributed by atoms with E-state index in [1.54, 1.807) is 0 Å². The number of hydrogen-bond acceptors (Lipinski definition) is 6. The number of sulfonamides is 1. The van der Waals surface area contributed by atoms with Crippen molar-refractivity contribution in [3.8, 4) is 5.75 Å². The predicted octanol–water partition coefficient (Wildman–Crippen LogP) is 3.07. The number of hydrogen-bond donors (Lipinski definition) is 1. The van der Waals surface area contributed by atoms with Crippen LogP contribution >= 0.6 is 0 Å². The maximum Gasteiger partial charge on any atom is 0.271 e. The summed E-state index contributed by atoms with van der Waals surface area (Å²) in [5.74, 6) is -2.60. The van der Waals surface area contributed by atoms with E-state index in [9.17, 15) is 32.1 Å². The fraction of sp³-hybridized carbons (Fsp3) is 0.278. The summed E-state index contributed by atoms with van der Waals surface area (Å²) in [4.78, 5) is 22.4. The Balaban J connectivity index is 2.13. The molecular weight excluding hydrogens is 424 g/mol. The Hall–Kier alpha value is -3.28. The molecule has 0 fully saturated rings. The van der Waals surface area contributed by atoms with Crippen LogP contribution in [0.3, 0.4) is 0 Å². The number of anilines is 2. The molecule has 2 rings (SSSR count).